The number of urea groups is 1. The van der Waals surface area contributed by atoms with Crippen LogP contribution in [0, 0.1) is 5.92 Å². The molecule has 0 radical (unpaired) electrons. The van der Waals surface area contributed by atoms with Crippen LogP contribution in [-0.4, -0.2) is 23.4 Å². The van der Waals surface area contributed by atoms with Gasteiger partial charge < -0.3 is 5.32 Å². The molecule has 92 valence electrons. The molecule has 0 heterocycles. The average molecular weight is 247 g/mol. The first kappa shape index (κ1) is 13.3. The summed E-state index contributed by atoms with van der Waals surface area (Å²) in [5.74, 6) is 0.0760. The Hall–Kier alpha value is -0.770. The number of hydrogen-bond acceptors (Lipinski definition) is 2. The van der Waals surface area contributed by atoms with E-state index in [1.54, 1.807) is 0 Å². The van der Waals surface area contributed by atoms with Crippen molar-refractivity contribution in [1.29, 1.82) is 0 Å². The number of rotatable bonds is 3. The number of alkyl halides is 1. The molecule has 0 aliphatic heterocycles. The summed E-state index contributed by atoms with van der Waals surface area (Å²) in [4.78, 5) is 22.6. The Morgan fingerprint density at radius 1 is 1.25 bits per heavy atom. The number of carbonyl (C=O) groups excluding carboxylic acids is 2. The van der Waals surface area contributed by atoms with Crippen LogP contribution in [0.25, 0.3) is 0 Å². The van der Waals surface area contributed by atoms with Gasteiger partial charge in [0.15, 0.2) is 0 Å². The molecule has 1 aliphatic rings. The summed E-state index contributed by atoms with van der Waals surface area (Å²) in [5.41, 5.74) is 0. The van der Waals surface area contributed by atoms with E-state index in [9.17, 15) is 9.59 Å². The molecule has 0 aromatic carbocycles. The van der Waals surface area contributed by atoms with Gasteiger partial charge in [0.25, 0.3) is 0 Å². The third kappa shape index (κ3) is 4.00. The third-order valence-electron chi connectivity index (χ3n) is 3.06. The molecule has 0 bridgehead atoms. The van der Waals surface area contributed by atoms with Crippen molar-refractivity contribution in [2.75, 3.05) is 0 Å². The normalized spacial score (nSPS) is 20.2. The minimum atomic E-state index is -0.687. The third-order valence-corrected chi connectivity index (χ3v) is 3.26. The summed E-state index contributed by atoms with van der Waals surface area (Å²) in [7, 11) is 0. The van der Waals surface area contributed by atoms with E-state index < -0.39 is 17.3 Å². The first-order valence-electron chi connectivity index (χ1n) is 5.76. The van der Waals surface area contributed by atoms with E-state index in [-0.39, 0.29) is 6.04 Å². The fourth-order valence-electron chi connectivity index (χ4n) is 2.03. The molecule has 1 rings (SSSR count). The van der Waals surface area contributed by atoms with E-state index in [4.69, 9.17) is 11.6 Å². The molecule has 1 fully saturated rings. The molecule has 4 nitrogen and oxygen atoms in total. The minimum absolute atomic E-state index is 0.112. The fourth-order valence-corrected chi connectivity index (χ4v) is 2.08. The van der Waals surface area contributed by atoms with Gasteiger partial charge in [0.1, 0.15) is 5.38 Å². The molecular formula is C11H19ClN2O2. The van der Waals surface area contributed by atoms with Crippen LogP contribution < -0.4 is 10.6 Å². The van der Waals surface area contributed by atoms with Gasteiger partial charge in [0, 0.05) is 6.04 Å². The second kappa shape index (κ2) is 6.09. The van der Waals surface area contributed by atoms with E-state index in [0.29, 0.717) is 5.92 Å². The van der Waals surface area contributed by atoms with Crippen LogP contribution in [-0.2, 0) is 4.79 Å². The SMILES string of the molecule is CC(Cl)C(=O)NC(=O)NC(C)C1CCCC1. The fraction of sp³-hybridized carbons (Fsp3) is 0.818. The van der Waals surface area contributed by atoms with E-state index in [1.807, 2.05) is 6.92 Å². The predicted molar refractivity (Wildman–Crippen MR) is 63.4 cm³/mol. The lowest BCUT2D eigenvalue weighted by Gasteiger charge is -2.20. The molecule has 1 aliphatic carbocycles. The van der Waals surface area contributed by atoms with Gasteiger partial charge in [0.05, 0.1) is 0 Å². The standard InChI is InChI=1S/C11H19ClN2O2/c1-7(12)10(15)14-11(16)13-8(2)9-5-3-4-6-9/h7-9H,3-6H2,1-2H3,(H2,13,14,15,16). The summed E-state index contributed by atoms with van der Waals surface area (Å²) in [5, 5.41) is 4.30. The minimum Gasteiger partial charge on any atom is -0.335 e. The summed E-state index contributed by atoms with van der Waals surface area (Å²) >= 11 is 5.54. The highest BCUT2D eigenvalue weighted by Gasteiger charge is 2.23. The molecule has 0 spiro atoms. The molecule has 0 aromatic rings. The van der Waals surface area contributed by atoms with Crippen LogP contribution >= 0.6 is 11.6 Å². The highest BCUT2D eigenvalue weighted by atomic mass is 35.5. The van der Waals surface area contributed by atoms with Gasteiger partial charge in [0.2, 0.25) is 5.91 Å². The van der Waals surface area contributed by atoms with Crippen molar-refractivity contribution in [1.82, 2.24) is 10.6 Å². The molecular weight excluding hydrogens is 228 g/mol. The predicted octanol–water partition coefficient (Wildman–Crippen LogP) is 2.02. The average Bonchev–Trinajstić information content (AvgIpc) is 2.69. The number of halogens is 1. The summed E-state index contributed by atoms with van der Waals surface area (Å²) in [6, 6.07) is -0.335. The second-order valence-electron chi connectivity index (χ2n) is 4.41. The van der Waals surface area contributed by atoms with Crippen molar-refractivity contribution in [2.24, 2.45) is 5.92 Å². The lowest BCUT2D eigenvalue weighted by molar-refractivity contribution is -0.119. The molecule has 0 aromatic heterocycles. The maximum atomic E-state index is 11.4. The van der Waals surface area contributed by atoms with Crippen molar-refractivity contribution < 1.29 is 9.59 Å². The summed E-state index contributed by atoms with van der Waals surface area (Å²) < 4.78 is 0. The van der Waals surface area contributed by atoms with Crippen molar-refractivity contribution >= 4 is 23.5 Å². The zero-order chi connectivity index (χ0) is 12.1. The first-order chi connectivity index (χ1) is 7.50. The maximum absolute atomic E-state index is 11.4. The molecule has 1 saturated carbocycles. The summed E-state index contributed by atoms with van der Waals surface area (Å²) in [6.45, 7) is 3.51. The summed E-state index contributed by atoms with van der Waals surface area (Å²) in [6.07, 6.45) is 4.77. The number of nitrogens with one attached hydrogen (secondary N) is 2. The largest absolute Gasteiger partial charge is 0.335 e. The highest BCUT2D eigenvalue weighted by molar-refractivity contribution is 6.31. The monoisotopic (exact) mass is 246 g/mol. The van der Waals surface area contributed by atoms with E-state index in [0.717, 1.165) is 12.8 Å². The van der Waals surface area contributed by atoms with E-state index >= 15 is 0 Å². The molecule has 16 heavy (non-hydrogen) atoms. The number of imide groups is 1. The Labute approximate surface area is 101 Å². The van der Waals surface area contributed by atoms with Gasteiger partial charge in [-0.3, -0.25) is 10.1 Å². The van der Waals surface area contributed by atoms with Crippen molar-refractivity contribution in [2.45, 2.75) is 50.9 Å². The quantitative estimate of drug-likeness (QED) is 0.749. The van der Waals surface area contributed by atoms with Crippen LogP contribution in [0.4, 0.5) is 4.79 Å². The molecule has 3 amide bonds. The Balaban J connectivity index is 2.30. The van der Waals surface area contributed by atoms with Gasteiger partial charge in [-0.15, -0.1) is 11.6 Å². The highest BCUT2D eigenvalue weighted by Crippen LogP contribution is 2.27. The van der Waals surface area contributed by atoms with Gasteiger partial charge >= 0.3 is 6.03 Å². The van der Waals surface area contributed by atoms with Crippen molar-refractivity contribution in [3.8, 4) is 0 Å². The zero-order valence-electron chi connectivity index (χ0n) is 9.75. The van der Waals surface area contributed by atoms with E-state index in [1.165, 1.54) is 19.8 Å². The molecule has 0 saturated heterocycles. The van der Waals surface area contributed by atoms with Gasteiger partial charge in [-0.1, -0.05) is 12.8 Å². The number of hydrogen-bond donors (Lipinski definition) is 2. The van der Waals surface area contributed by atoms with Gasteiger partial charge in [-0.2, -0.15) is 0 Å². The zero-order valence-corrected chi connectivity index (χ0v) is 10.5. The van der Waals surface area contributed by atoms with Crippen LogP contribution in [0.5, 0.6) is 0 Å². The Morgan fingerprint density at radius 2 is 1.81 bits per heavy atom. The van der Waals surface area contributed by atoms with E-state index in [2.05, 4.69) is 10.6 Å². The molecule has 2 atom stereocenters. The lowest BCUT2D eigenvalue weighted by Crippen LogP contribution is -2.47. The Kier molecular flexibility index (Phi) is 5.06. The first-order valence-corrected chi connectivity index (χ1v) is 6.19. The smallest absolute Gasteiger partial charge is 0.321 e. The van der Waals surface area contributed by atoms with Gasteiger partial charge in [-0.25, -0.2) is 4.79 Å². The Morgan fingerprint density at radius 3 is 2.31 bits per heavy atom. The topological polar surface area (TPSA) is 58.2 Å². The van der Waals surface area contributed by atoms with Crippen LogP contribution in [0.15, 0.2) is 0 Å². The van der Waals surface area contributed by atoms with Gasteiger partial charge in [-0.05, 0) is 32.6 Å². The lowest BCUT2D eigenvalue weighted by atomic mass is 10.0. The molecule has 2 N–H and O–H groups in total. The number of carbonyl (C=O) groups is 2. The molecule has 2 unspecified atom stereocenters. The van der Waals surface area contributed by atoms with Crippen molar-refractivity contribution in [3.05, 3.63) is 0 Å². The number of amides is 3. The van der Waals surface area contributed by atoms with Crippen LogP contribution in [0.3, 0.4) is 0 Å². The van der Waals surface area contributed by atoms with Crippen LogP contribution in [0.1, 0.15) is 39.5 Å². The molecule has 5 heteroatoms. The van der Waals surface area contributed by atoms with Crippen LogP contribution in [0.2, 0.25) is 0 Å². The maximum Gasteiger partial charge on any atom is 0.321 e. The Bertz CT molecular complexity index is 263. The van der Waals surface area contributed by atoms with Crippen molar-refractivity contribution in [3.63, 3.8) is 0 Å². The second-order valence-corrected chi connectivity index (χ2v) is 5.07.